The fraction of sp³-hybridized carbons (Fsp3) is 0.667. The van der Waals surface area contributed by atoms with Gasteiger partial charge in [0, 0.05) is 6.61 Å². The molecule has 62 valence electrons. The molecule has 0 rings (SSSR count). The van der Waals surface area contributed by atoms with Crippen LogP contribution in [0.5, 0.6) is 0 Å². The lowest BCUT2D eigenvalue weighted by Gasteiger charge is -1.97. The third kappa shape index (κ3) is 6.61. The van der Waals surface area contributed by atoms with E-state index in [1.807, 2.05) is 6.92 Å². The lowest BCUT2D eigenvalue weighted by molar-refractivity contribution is 0.156. The monoisotopic (exact) mass is 156 g/mol. The maximum atomic E-state index is 8.09. The zero-order valence-corrected chi connectivity index (χ0v) is 6.50. The third-order valence-electron chi connectivity index (χ3n) is 0.906. The first-order valence-electron chi connectivity index (χ1n) is 3.34. The van der Waals surface area contributed by atoms with E-state index in [0.717, 1.165) is 0 Å². The molecular formula is C6H12N4O. The molecule has 11 heavy (non-hydrogen) atoms. The minimum atomic E-state index is 0.132. The molecule has 0 bridgehead atoms. The highest BCUT2D eigenvalue weighted by Gasteiger charge is 1.86. The molecule has 0 fully saturated rings. The summed E-state index contributed by atoms with van der Waals surface area (Å²) in [6.07, 6.45) is 1.66. The van der Waals surface area contributed by atoms with Crippen molar-refractivity contribution in [2.45, 2.75) is 6.92 Å². The summed E-state index contributed by atoms with van der Waals surface area (Å²) in [7, 11) is 0. The van der Waals surface area contributed by atoms with Crippen LogP contribution in [-0.4, -0.2) is 25.7 Å². The van der Waals surface area contributed by atoms with E-state index in [1.54, 1.807) is 6.19 Å². The Morgan fingerprint density at radius 3 is 3.09 bits per heavy atom. The second-order valence-electron chi connectivity index (χ2n) is 1.70. The fourth-order valence-electron chi connectivity index (χ4n) is 0.472. The Labute approximate surface area is 65.9 Å². The van der Waals surface area contributed by atoms with Crippen LogP contribution in [0.4, 0.5) is 0 Å². The van der Waals surface area contributed by atoms with Gasteiger partial charge in [-0.25, -0.2) is 0 Å². The molecule has 0 atom stereocenters. The van der Waals surface area contributed by atoms with Crippen LogP contribution in [0.3, 0.4) is 0 Å². The quantitative estimate of drug-likeness (QED) is 0.187. The van der Waals surface area contributed by atoms with Crippen molar-refractivity contribution in [2.75, 3.05) is 19.8 Å². The Kier molecular flexibility index (Phi) is 6.04. The zero-order valence-electron chi connectivity index (χ0n) is 6.50. The van der Waals surface area contributed by atoms with Crippen LogP contribution >= 0.6 is 0 Å². The Hall–Kier alpha value is -1.28. The van der Waals surface area contributed by atoms with Crippen molar-refractivity contribution in [3.05, 3.63) is 0 Å². The van der Waals surface area contributed by atoms with Crippen LogP contribution < -0.4 is 11.1 Å². The predicted molar refractivity (Wildman–Crippen MR) is 41.7 cm³/mol. The fourth-order valence-corrected chi connectivity index (χ4v) is 0.472. The van der Waals surface area contributed by atoms with E-state index in [4.69, 9.17) is 15.7 Å². The number of rotatable bonds is 4. The smallest absolute Gasteiger partial charge is 0.202 e. The maximum Gasteiger partial charge on any atom is 0.202 e. The molecule has 0 aliphatic carbocycles. The lowest BCUT2D eigenvalue weighted by atomic mass is 10.7. The van der Waals surface area contributed by atoms with Crippen molar-refractivity contribution >= 4 is 5.96 Å². The van der Waals surface area contributed by atoms with E-state index >= 15 is 0 Å². The summed E-state index contributed by atoms with van der Waals surface area (Å²) in [6, 6.07) is 0. The summed E-state index contributed by atoms with van der Waals surface area (Å²) in [6.45, 7) is 3.58. The van der Waals surface area contributed by atoms with Gasteiger partial charge < -0.3 is 10.5 Å². The molecule has 0 saturated heterocycles. The molecule has 0 amide bonds. The molecule has 0 unspecified atom stereocenters. The second-order valence-corrected chi connectivity index (χ2v) is 1.70. The summed E-state index contributed by atoms with van der Waals surface area (Å²) in [5.41, 5.74) is 5.23. The van der Waals surface area contributed by atoms with Crippen molar-refractivity contribution in [1.29, 1.82) is 5.26 Å². The van der Waals surface area contributed by atoms with E-state index in [1.165, 1.54) is 0 Å². The standard InChI is InChI=1S/C6H12N4O/c1-2-11-4-3-9-6(8)10-5-7/h2-4H2,1H3,(H3,8,9,10). The number of guanidine groups is 1. The van der Waals surface area contributed by atoms with Gasteiger partial charge in [0.1, 0.15) is 0 Å². The summed E-state index contributed by atoms with van der Waals surface area (Å²) >= 11 is 0. The molecule has 0 saturated carbocycles. The summed E-state index contributed by atoms with van der Waals surface area (Å²) in [5.74, 6) is 0.132. The highest BCUT2D eigenvalue weighted by Crippen LogP contribution is 1.74. The van der Waals surface area contributed by atoms with Crippen LogP contribution in [0.1, 0.15) is 6.92 Å². The highest BCUT2D eigenvalue weighted by molar-refractivity contribution is 5.79. The molecule has 0 aliphatic rings. The van der Waals surface area contributed by atoms with Crippen molar-refractivity contribution in [1.82, 2.24) is 5.32 Å². The van der Waals surface area contributed by atoms with Gasteiger partial charge in [-0.2, -0.15) is 5.26 Å². The van der Waals surface area contributed by atoms with Crippen LogP contribution in [0.15, 0.2) is 4.99 Å². The van der Waals surface area contributed by atoms with Gasteiger partial charge in [-0.05, 0) is 6.92 Å². The maximum absolute atomic E-state index is 8.09. The van der Waals surface area contributed by atoms with Gasteiger partial charge >= 0.3 is 0 Å². The number of aliphatic imine (C=N–C) groups is 1. The first-order chi connectivity index (χ1) is 5.31. The molecule has 0 aromatic rings. The molecule has 3 N–H and O–H groups in total. The average molecular weight is 156 g/mol. The largest absolute Gasteiger partial charge is 0.380 e. The molecular weight excluding hydrogens is 144 g/mol. The minimum absolute atomic E-state index is 0.132. The zero-order chi connectivity index (χ0) is 8.53. The summed E-state index contributed by atoms with van der Waals surface area (Å²) < 4.78 is 4.99. The van der Waals surface area contributed by atoms with Gasteiger partial charge in [-0.15, -0.1) is 0 Å². The first kappa shape index (κ1) is 9.72. The van der Waals surface area contributed by atoms with Gasteiger partial charge in [0.15, 0.2) is 6.19 Å². The number of hydrogen-bond acceptors (Lipinski definition) is 3. The summed E-state index contributed by atoms with van der Waals surface area (Å²) in [5, 5.41) is 10.3. The van der Waals surface area contributed by atoms with Gasteiger partial charge in [0.25, 0.3) is 0 Å². The van der Waals surface area contributed by atoms with Crippen LogP contribution in [-0.2, 0) is 4.74 Å². The number of nitrogens with zero attached hydrogens (tertiary/aromatic N) is 2. The molecule has 0 radical (unpaired) electrons. The van der Waals surface area contributed by atoms with Gasteiger partial charge in [-0.3, -0.25) is 10.3 Å². The molecule has 5 nitrogen and oxygen atoms in total. The van der Waals surface area contributed by atoms with Gasteiger partial charge in [0.05, 0.1) is 13.2 Å². The number of nitrogens with one attached hydrogen (secondary N) is 1. The number of ether oxygens (including phenoxy) is 1. The molecule has 0 spiro atoms. The SMILES string of the molecule is CCOCCN=C(N)NC#N. The van der Waals surface area contributed by atoms with Crippen molar-refractivity contribution < 1.29 is 4.74 Å². The van der Waals surface area contributed by atoms with Gasteiger partial charge in [0.2, 0.25) is 5.96 Å². The molecule has 0 aromatic carbocycles. The predicted octanol–water partition coefficient (Wildman–Crippen LogP) is -0.592. The van der Waals surface area contributed by atoms with Crippen molar-refractivity contribution in [3.8, 4) is 6.19 Å². The van der Waals surface area contributed by atoms with E-state index in [-0.39, 0.29) is 5.96 Å². The Bertz CT molecular complexity index is 160. The van der Waals surface area contributed by atoms with Crippen LogP contribution in [0.25, 0.3) is 0 Å². The normalized spacial score (nSPS) is 10.7. The Balaban J connectivity index is 3.34. The average Bonchev–Trinajstić information content (AvgIpc) is 1.99. The van der Waals surface area contributed by atoms with Crippen LogP contribution in [0.2, 0.25) is 0 Å². The molecule has 0 aromatic heterocycles. The number of nitrogens with two attached hydrogens (primary N) is 1. The number of hydrogen-bond donors (Lipinski definition) is 2. The van der Waals surface area contributed by atoms with E-state index in [2.05, 4.69) is 10.3 Å². The van der Waals surface area contributed by atoms with Crippen molar-refractivity contribution in [2.24, 2.45) is 10.7 Å². The van der Waals surface area contributed by atoms with Crippen molar-refractivity contribution in [3.63, 3.8) is 0 Å². The lowest BCUT2D eigenvalue weighted by Crippen LogP contribution is -2.27. The summed E-state index contributed by atoms with van der Waals surface area (Å²) in [4.78, 5) is 3.79. The minimum Gasteiger partial charge on any atom is -0.380 e. The molecule has 5 heteroatoms. The Morgan fingerprint density at radius 1 is 1.82 bits per heavy atom. The Morgan fingerprint density at radius 2 is 2.55 bits per heavy atom. The highest BCUT2D eigenvalue weighted by atomic mass is 16.5. The molecule has 0 heterocycles. The van der Waals surface area contributed by atoms with E-state index < -0.39 is 0 Å². The third-order valence-corrected chi connectivity index (χ3v) is 0.906. The van der Waals surface area contributed by atoms with E-state index in [0.29, 0.717) is 19.8 Å². The topological polar surface area (TPSA) is 83.4 Å². The number of nitriles is 1. The first-order valence-corrected chi connectivity index (χ1v) is 3.34. The molecule has 0 aliphatic heterocycles. The second kappa shape index (κ2) is 6.83. The van der Waals surface area contributed by atoms with Gasteiger partial charge in [-0.1, -0.05) is 0 Å². The van der Waals surface area contributed by atoms with Crippen LogP contribution in [0, 0.1) is 11.5 Å². The van der Waals surface area contributed by atoms with E-state index in [9.17, 15) is 0 Å².